The van der Waals surface area contributed by atoms with Gasteiger partial charge in [-0.15, -0.1) is 0 Å². The number of hydrogen-bond acceptors (Lipinski definition) is 4. The summed E-state index contributed by atoms with van der Waals surface area (Å²) in [5.41, 5.74) is 0.935. The van der Waals surface area contributed by atoms with Crippen LogP contribution in [0.2, 0.25) is 10.0 Å². The minimum atomic E-state index is 0.230. The van der Waals surface area contributed by atoms with E-state index in [-0.39, 0.29) is 6.04 Å². The van der Waals surface area contributed by atoms with Crippen LogP contribution in [0.1, 0.15) is 30.6 Å². The van der Waals surface area contributed by atoms with E-state index in [0.29, 0.717) is 23.2 Å². The first kappa shape index (κ1) is 19.9. The molecular formula is C18H24Cl2N6O. The van der Waals surface area contributed by atoms with Crippen LogP contribution in [-0.2, 0) is 30.9 Å². The van der Waals surface area contributed by atoms with Crippen molar-refractivity contribution in [3.63, 3.8) is 0 Å². The fourth-order valence-electron chi connectivity index (χ4n) is 3.00. The van der Waals surface area contributed by atoms with Crippen molar-refractivity contribution in [3.8, 4) is 0 Å². The number of aryl methyl sites for hydroxylation is 1. The van der Waals surface area contributed by atoms with Gasteiger partial charge in [-0.2, -0.15) is 5.10 Å². The van der Waals surface area contributed by atoms with Crippen molar-refractivity contribution in [2.24, 2.45) is 4.99 Å². The maximum Gasteiger partial charge on any atom is 0.191 e. The van der Waals surface area contributed by atoms with Gasteiger partial charge in [-0.05, 0) is 31.0 Å². The second-order valence-electron chi connectivity index (χ2n) is 6.37. The Morgan fingerprint density at radius 3 is 3.00 bits per heavy atom. The lowest BCUT2D eigenvalue weighted by molar-refractivity contribution is 0.177. The maximum absolute atomic E-state index is 6.24. The lowest BCUT2D eigenvalue weighted by atomic mass is 10.1. The molecule has 0 radical (unpaired) electrons. The number of hydrogen-bond donors (Lipinski definition) is 2. The average molecular weight is 411 g/mol. The third kappa shape index (κ3) is 5.34. The summed E-state index contributed by atoms with van der Waals surface area (Å²) in [5.74, 6) is 2.50. The summed E-state index contributed by atoms with van der Waals surface area (Å²) in [5, 5.41) is 12.5. The second-order valence-corrected chi connectivity index (χ2v) is 7.21. The molecule has 0 saturated carbocycles. The first-order valence-corrected chi connectivity index (χ1v) is 9.75. The molecule has 1 unspecified atom stereocenters. The Kier molecular flexibility index (Phi) is 6.93. The summed E-state index contributed by atoms with van der Waals surface area (Å²) in [6.07, 6.45) is 1.84. The van der Waals surface area contributed by atoms with Crippen molar-refractivity contribution < 1.29 is 4.74 Å². The lowest BCUT2D eigenvalue weighted by Gasteiger charge is -2.25. The van der Waals surface area contributed by atoms with E-state index in [9.17, 15) is 0 Å². The highest BCUT2D eigenvalue weighted by atomic mass is 35.5. The van der Waals surface area contributed by atoms with Crippen LogP contribution in [0.15, 0.2) is 23.2 Å². The van der Waals surface area contributed by atoms with E-state index in [1.807, 2.05) is 23.7 Å². The zero-order chi connectivity index (χ0) is 19.2. The molecule has 146 valence electrons. The van der Waals surface area contributed by atoms with Gasteiger partial charge in [-0.3, -0.25) is 0 Å². The van der Waals surface area contributed by atoms with Crippen molar-refractivity contribution in [1.82, 2.24) is 25.4 Å². The van der Waals surface area contributed by atoms with Gasteiger partial charge in [0, 0.05) is 36.2 Å². The number of rotatable bonds is 6. The number of guanidine groups is 1. The van der Waals surface area contributed by atoms with Crippen LogP contribution < -0.4 is 10.6 Å². The molecule has 0 bridgehead atoms. The third-order valence-electron chi connectivity index (χ3n) is 4.28. The molecule has 1 aliphatic rings. The Bertz CT molecular complexity index is 807. The number of aliphatic imine (C=N–C) groups is 1. The van der Waals surface area contributed by atoms with Crippen molar-refractivity contribution in [2.45, 2.75) is 45.5 Å². The molecule has 1 aromatic heterocycles. The highest BCUT2D eigenvalue weighted by Gasteiger charge is 2.22. The van der Waals surface area contributed by atoms with Gasteiger partial charge in [0.05, 0.1) is 13.1 Å². The van der Waals surface area contributed by atoms with E-state index in [1.165, 1.54) is 0 Å². The molecule has 1 aliphatic heterocycles. The van der Waals surface area contributed by atoms with E-state index in [1.54, 1.807) is 13.2 Å². The van der Waals surface area contributed by atoms with Crippen LogP contribution in [0, 0.1) is 0 Å². The van der Waals surface area contributed by atoms with Gasteiger partial charge in [0.15, 0.2) is 11.8 Å². The largest absolute Gasteiger partial charge is 0.377 e. The standard InChI is InChI=1S/C18H24Cl2N6O/c1-3-21-18(22-9-12-4-5-13(19)8-15(12)20)23-14-6-7-17-24-16(11-27-2)25-26(17)10-14/h4-5,8,14H,3,6-7,9-11H2,1-2H3,(H2,21,22,23). The molecule has 9 heteroatoms. The first-order valence-electron chi connectivity index (χ1n) is 8.99. The quantitative estimate of drug-likeness (QED) is 0.565. The molecule has 3 rings (SSSR count). The fraction of sp³-hybridized carbons (Fsp3) is 0.500. The number of nitrogens with one attached hydrogen (secondary N) is 2. The van der Waals surface area contributed by atoms with E-state index in [2.05, 4.69) is 25.7 Å². The van der Waals surface area contributed by atoms with Crippen molar-refractivity contribution in [3.05, 3.63) is 45.5 Å². The topological polar surface area (TPSA) is 76.4 Å². The van der Waals surface area contributed by atoms with Gasteiger partial charge in [0.2, 0.25) is 0 Å². The minimum absolute atomic E-state index is 0.230. The zero-order valence-electron chi connectivity index (χ0n) is 15.5. The molecule has 2 heterocycles. The monoisotopic (exact) mass is 410 g/mol. The molecule has 0 fully saturated rings. The van der Waals surface area contributed by atoms with Crippen LogP contribution >= 0.6 is 23.2 Å². The summed E-state index contributed by atoms with van der Waals surface area (Å²) in [4.78, 5) is 9.17. The molecule has 7 nitrogen and oxygen atoms in total. The third-order valence-corrected chi connectivity index (χ3v) is 4.87. The van der Waals surface area contributed by atoms with Gasteiger partial charge >= 0.3 is 0 Å². The van der Waals surface area contributed by atoms with Gasteiger partial charge in [0.1, 0.15) is 12.4 Å². The Hall–Kier alpha value is -1.83. The summed E-state index contributed by atoms with van der Waals surface area (Å²) in [6.45, 7) is 4.48. The van der Waals surface area contributed by atoms with Crippen LogP contribution in [0.3, 0.4) is 0 Å². The molecule has 0 amide bonds. The molecule has 1 atom stereocenters. The number of nitrogens with zero attached hydrogens (tertiary/aromatic N) is 4. The van der Waals surface area contributed by atoms with Crippen molar-refractivity contribution >= 4 is 29.2 Å². The first-order chi connectivity index (χ1) is 13.1. The van der Waals surface area contributed by atoms with Gasteiger partial charge in [0.25, 0.3) is 0 Å². The maximum atomic E-state index is 6.24. The van der Waals surface area contributed by atoms with Crippen molar-refractivity contribution in [1.29, 1.82) is 0 Å². The Balaban J connectivity index is 1.65. The molecule has 2 N–H and O–H groups in total. The Morgan fingerprint density at radius 2 is 2.26 bits per heavy atom. The SMILES string of the molecule is CCNC(=NCc1ccc(Cl)cc1Cl)NC1CCc2nc(COC)nn2C1. The highest BCUT2D eigenvalue weighted by Crippen LogP contribution is 2.21. The highest BCUT2D eigenvalue weighted by molar-refractivity contribution is 6.35. The predicted octanol–water partition coefficient (Wildman–Crippen LogP) is 2.80. The van der Waals surface area contributed by atoms with E-state index in [0.717, 1.165) is 49.1 Å². The number of fused-ring (bicyclic) bond motifs is 1. The fourth-order valence-corrected chi connectivity index (χ4v) is 3.46. The van der Waals surface area contributed by atoms with Crippen LogP contribution in [0.25, 0.3) is 0 Å². The number of methoxy groups -OCH3 is 1. The van der Waals surface area contributed by atoms with Gasteiger partial charge < -0.3 is 15.4 Å². The molecule has 2 aromatic rings. The summed E-state index contributed by atoms with van der Waals surface area (Å²) >= 11 is 12.2. The molecule has 0 saturated heterocycles. The summed E-state index contributed by atoms with van der Waals surface area (Å²) in [7, 11) is 1.65. The smallest absolute Gasteiger partial charge is 0.191 e. The second kappa shape index (κ2) is 9.39. The normalized spacial score (nSPS) is 16.9. The number of benzene rings is 1. The van der Waals surface area contributed by atoms with E-state index >= 15 is 0 Å². The minimum Gasteiger partial charge on any atom is -0.377 e. The van der Waals surface area contributed by atoms with E-state index < -0.39 is 0 Å². The Morgan fingerprint density at radius 1 is 1.41 bits per heavy atom. The van der Waals surface area contributed by atoms with Gasteiger partial charge in [-0.25, -0.2) is 14.7 Å². The molecule has 1 aromatic carbocycles. The lowest BCUT2D eigenvalue weighted by Crippen LogP contribution is -2.47. The average Bonchev–Trinajstić information content (AvgIpc) is 3.03. The number of halogens is 2. The Labute approximate surface area is 169 Å². The molecule has 27 heavy (non-hydrogen) atoms. The van der Waals surface area contributed by atoms with Crippen molar-refractivity contribution in [2.75, 3.05) is 13.7 Å². The summed E-state index contributed by atoms with van der Waals surface area (Å²) in [6, 6.07) is 5.69. The number of ether oxygens (including phenoxy) is 1. The van der Waals surface area contributed by atoms with E-state index in [4.69, 9.17) is 27.9 Å². The van der Waals surface area contributed by atoms with Crippen LogP contribution in [0.4, 0.5) is 0 Å². The molecule has 0 spiro atoms. The molecular weight excluding hydrogens is 387 g/mol. The molecule has 0 aliphatic carbocycles. The summed E-state index contributed by atoms with van der Waals surface area (Å²) < 4.78 is 7.07. The van der Waals surface area contributed by atoms with Crippen LogP contribution in [0.5, 0.6) is 0 Å². The van der Waals surface area contributed by atoms with Gasteiger partial charge in [-0.1, -0.05) is 29.3 Å². The number of aromatic nitrogens is 3. The van der Waals surface area contributed by atoms with Crippen LogP contribution in [-0.4, -0.2) is 40.4 Å². The zero-order valence-corrected chi connectivity index (χ0v) is 17.0. The predicted molar refractivity (Wildman–Crippen MR) is 107 cm³/mol.